The predicted molar refractivity (Wildman–Crippen MR) is 91.1 cm³/mol. The van der Waals surface area contributed by atoms with E-state index in [1.807, 2.05) is 11.8 Å². The molecule has 0 bridgehead atoms. The molecule has 1 fully saturated rings. The highest BCUT2D eigenvalue weighted by Gasteiger charge is 2.26. The summed E-state index contributed by atoms with van der Waals surface area (Å²) in [5.41, 5.74) is 2.32. The van der Waals surface area contributed by atoms with E-state index in [4.69, 9.17) is 0 Å². The lowest BCUT2D eigenvalue weighted by Gasteiger charge is -2.36. The van der Waals surface area contributed by atoms with Gasteiger partial charge in [-0.15, -0.1) is 11.8 Å². The van der Waals surface area contributed by atoms with E-state index < -0.39 is 6.10 Å². The van der Waals surface area contributed by atoms with Crippen molar-refractivity contribution in [3.8, 4) is 0 Å². The van der Waals surface area contributed by atoms with Gasteiger partial charge in [-0.1, -0.05) is 24.6 Å². The summed E-state index contributed by atoms with van der Waals surface area (Å²) in [6.07, 6.45) is 0.740. The number of aliphatic hydroxyl groups is 1. The molecule has 2 atom stereocenters. The third-order valence-electron chi connectivity index (χ3n) is 4.13. The maximum atomic E-state index is 10.9. The van der Waals surface area contributed by atoms with Crippen molar-refractivity contribution in [3.05, 3.63) is 29.3 Å². The number of nitrogens with zero attached hydrogens (tertiary/aromatic N) is 1. The van der Waals surface area contributed by atoms with E-state index in [-0.39, 0.29) is 6.04 Å². The number of thioether (sulfide) groups is 1. The average Bonchev–Trinajstić information content (AvgIpc) is 2.53. The van der Waals surface area contributed by atoms with E-state index in [0.717, 1.165) is 43.9 Å². The Hall–Kier alpha value is -0.550. The lowest BCUT2D eigenvalue weighted by Crippen LogP contribution is -2.49. The van der Waals surface area contributed by atoms with Gasteiger partial charge >= 0.3 is 0 Å². The first kappa shape index (κ1) is 16.8. The number of rotatable bonds is 6. The molecule has 4 heteroatoms. The molecule has 118 valence electrons. The molecule has 1 aliphatic heterocycles. The minimum Gasteiger partial charge on any atom is -0.387 e. The summed E-state index contributed by atoms with van der Waals surface area (Å²) in [4.78, 5) is 3.62. The van der Waals surface area contributed by atoms with Crippen molar-refractivity contribution >= 4 is 11.8 Å². The summed E-state index contributed by atoms with van der Waals surface area (Å²) in [5.74, 6) is 1.10. The van der Waals surface area contributed by atoms with E-state index in [1.165, 1.54) is 10.5 Å². The van der Waals surface area contributed by atoms with Gasteiger partial charge in [0, 0.05) is 37.1 Å². The van der Waals surface area contributed by atoms with Crippen LogP contribution in [0.4, 0.5) is 0 Å². The largest absolute Gasteiger partial charge is 0.387 e. The second-order valence-corrected chi connectivity index (χ2v) is 7.00. The minimum atomic E-state index is -0.414. The Morgan fingerprint density at radius 3 is 2.71 bits per heavy atom. The second-order valence-electron chi connectivity index (χ2n) is 5.86. The van der Waals surface area contributed by atoms with E-state index in [0.29, 0.717) is 0 Å². The van der Waals surface area contributed by atoms with Gasteiger partial charge < -0.3 is 10.4 Å². The Balaban J connectivity index is 2.15. The molecule has 0 radical (unpaired) electrons. The van der Waals surface area contributed by atoms with E-state index >= 15 is 0 Å². The molecule has 1 aliphatic rings. The molecule has 21 heavy (non-hydrogen) atoms. The van der Waals surface area contributed by atoms with Crippen LogP contribution in [0.5, 0.6) is 0 Å². The van der Waals surface area contributed by atoms with Crippen molar-refractivity contribution in [2.75, 3.05) is 31.9 Å². The zero-order valence-corrected chi connectivity index (χ0v) is 14.2. The number of piperazine rings is 1. The van der Waals surface area contributed by atoms with Crippen LogP contribution in [0.15, 0.2) is 23.1 Å². The Morgan fingerprint density at radius 1 is 1.33 bits per heavy atom. The summed E-state index contributed by atoms with van der Waals surface area (Å²) >= 11 is 1.86. The van der Waals surface area contributed by atoms with Gasteiger partial charge in [-0.2, -0.15) is 0 Å². The summed E-state index contributed by atoms with van der Waals surface area (Å²) in [5, 5.41) is 14.2. The number of hydrogen-bond acceptors (Lipinski definition) is 4. The normalized spacial score (nSPS) is 19.4. The van der Waals surface area contributed by atoms with Crippen LogP contribution in [-0.2, 0) is 0 Å². The molecule has 1 saturated heterocycles. The van der Waals surface area contributed by atoms with Crippen LogP contribution in [0, 0.1) is 6.92 Å². The maximum absolute atomic E-state index is 10.9. The summed E-state index contributed by atoms with van der Waals surface area (Å²) in [6.45, 7) is 10.5. The molecular formula is C17H28N2OS. The highest BCUT2D eigenvalue weighted by atomic mass is 32.2. The van der Waals surface area contributed by atoms with Gasteiger partial charge in [0.1, 0.15) is 0 Å². The van der Waals surface area contributed by atoms with Crippen molar-refractivity contribution in [1.82, 2.24) is 10.2 Å². The van der Waals surface area contributed by atoms with Gasteiger partial charge in [-0.05, 0) is 37.7 Å². The number of aryl methyl sites for hydroxylation is 1. The zero-order chi connectivity index (χ0) is 15.2. The molecule has 1 aromatic rings. The van der Waals surface area contributed by atoms with Crippen LogP contribution in [0.25, 0.3) is 0 Å². The third kappa shape index (κ3) is 4.46. The first-order chi connectivity index (χ1) is 10.1. The summed E-state index contributed by atoms with van der Waals surface area (Å²) < 4.78 is 0. The smallest absolute Gasteiger partial charge is 0.0953 e. The minimum absolute atomic E-state index is 0.162. The van der Waals surface area contributed by atoms with Crippen molar-refractivity contribution in [2.45, 2.75) is 44.2 Å². The van der Waals surface area contributed by atoms with Gasteiger partial charge in [0.2, 0.25) is 0 Å². The molecule has 0 aromatic heterocycles. The van der Waals surface area contributed by atoms with Gasteiger partial charge in [-0.3, -0.25) is 4.90 Å². The lowest BCUT2D eigenvalue weighted by atomic mass is 10.00. The molecule has 1 aromatic carbocycles. The third-order valence-corrected chi connectivity index (χ3v) is 5.43. The fraction of sp³-hybridized carbons (Fsp3) is 0.647. The highest BCUT2D eigenvalue weighted by Crippen LogP contribution is 2.32. The molecule has 2 N–H and O–H groups in total. The van der Waals surface area contributed by atoms with Crippen LogP contribution in [0.3, 0.4) is 0 Å². The SMILES string of the molecule is CCCSc1ccc(C)cc1C(O)C(C)N1CCNCC1. The molecular weight excluding hydrogens is 280 g/mol. The van der Waals surface area contributed by atoms with Crippen molar-refractivity contribution in [3.63, 3.8) is 0 Å². The molecule has 0 amide bonds. The molecule has 0 spiro atoms. The first-order valence-electron chi connectivity index (χ1n) is 7.99. The fourth-order valence-corrected chi connectivity index (χ4v) is 3.73. The number of nitrogens with one attached hydrogen (secondary N) is 1. The van der Waals surface area contributed by atoms with Crippen molar-refractivity contribution in [1.29, 1.82) is 0 Å². The molecule has 0 saturated carbocycles. The quantitative estimate of drug-likeness (QED) is 0.792. The number of benzene rings is 1. The van der Waals surface area contributed by atoms with Gasteiger partial charge in [0.05, 0.1) is 6.10 Å². The summed E-state index contributed by atoms with van der Waals surface area (Å²) in [7, 11) is 0. The van der Waals surface area contributed by atoms with Crippen LogP contribution >= 0.6 is 11.8 Å². The molecule has 3 nitrogen and oxygen atoms in total. The Labute approximate surface area is 133 Å². The molecule has 2 unspecified atom stereocenters. The van der Waals surface area contributed by atoms with Crippen molar-refractivity contribution < 1.29 is 5.11 Å². The monoisotopic (exact) mass is 308 g/mol. The molecule has 1 heterocycles. The number of hydrogen-bond donors (Lipinski definition) is 2. The van der Waals surface area contributed by atoms with Crippen LogP contribution in [0.2, 0.25) is 0 Å². The molecule has 0 aliphatic carbocycles. The van der Waals surface area contributed by atoms with E-state index in [9.17, 15) is 5.11 Å². The Morgan fingerprint density at radius 2 is 2.05 bits per heavy atom. The van der Waals surface area contributed by atoms with Gasteiger partial charge in [0.25, 0.3) is 0 Å². The van der Waals surface area contributed by atoms with Gasteiger partial charge in [-0.25, -0.2) is 0 Å². The second kappa shape index (κ2) is 8.18. The van der Waals surface area contributed by atoms with Crippen LogP contribution in [-0.4, -0.2) is 48.0 Å². The zero-order valence-electron chi connectivity index (χ0n) is 13.4. The fourth-order valence-electron chi connectivity index (χ4n) is 2.79. The van der Waals surface area contributed by atoms with Crippen LogP contribution in [0.1, 0.15) is 37.5 Å². The lowest BCUT2D eigenvalue weighted by molar-refractivity contribution is 0.0494. The average molecular weight is 308 g/mol. The topological polar surface area (TPSA) is 35.5 Å². The Bertz CT molecular complexity index is 446. The van der Waals surface area contributed by atoms with E-state index in [2.05, 4.69) is 49.2 Å². The molecule has 2 rings (SSSR count). The van der Waals surface area contributed by atoms with Gasteiger partial charge in [0.15, 0.2) is 0 Å². The van der Waals surface area contributed by atoms with Crippen LogP contribution < -0.4 is 5.32 Å². The standard InChI is InChI=1S/C17H28N2OS/c1-4-11-21-16-6-5-13(2)12-15(16)17(20)14(3)19-9-7-18-8-10-19/h5-6,12,14,17-18,20H,4,7-11H2,1-3H3. The van der Waals surface area contributed by atoms with E-state index in [1.54, 1.807) is 0 Å². The number of aliphatic hydroxyl groups excluding tert-OH is 1. The maximum Gasteiger partial charge on any atom is 0.0953 e. The Kier molecular flexibility index (Phi) is 6.55. The predicted octanol–water partition coefficient (Wildman–Crippen LogP) is 2.82. The highest BCUT2D eigenvalue weighted by molar-refractivity contribution is 7.99. The van der Waals surface area contributed by atoms with Crippen molar-refractivity contribution in [2.24, 2.45) is 0 Å². The first-order valence-corrected chi connectivity index (χ1v) is 8.98. The summed E-state index contributed by atoms with van der Waals surface area (Å²) in [6, 6.07) is 6.62.